The summed E-state index contributed by atoms with van der Waals surface area (Å²) in [5.41, 5.74) is 0.249. The number of benzene rings is 1. The predicted molar refractivity (Wildman–Crippen MR) is 83.2 cm³/mol. The molecule has 0 saturated carbocycles. The van der Waals surface area contributed by atoms with E-state index in [9.17, 15) is 18.5 Å². The normalized spacial score (nSPS) is 19.0. The zero-order chi connectivity index (χ0) is 15.6. The van der Waals surface area contributed by atoms with Gasteiger partial charge in [-0.15, -0.1) is 0 Å². The minimum atomic E-state index is -3.95. The van der Waals surface area contributed by atoms with Gasteiger partial charge in [-0.05, 0) is 31.2 Å². The van der Waals surface area contributed by atoms with Crippen molar-refractivity contribution < 1.29 is 13.3 Å². The first kappa shape index (κ1) is 16.1. The Morgan fingerprint density at radius 1 is 1.52 bits per heavy atom. The topological polar surface area (TPSA) is 107 Å². The number of primary sulfonamides is 1. The van der Waals surface area contributed by atoms with Crippen LogP contribution in [0.4, 0.5) is 11.4 Å². The first-order valence-electron chi connectivity index (χ1n) is 6.41. The van der Waals surface area contributed by atoms with Crippen LogP contribution < -0.4 is 10.0 Å². The molecule has 1 heterocycles. The van der Waals surface area contributed by atoms with Gasteiger partial charge in [-0.2, -0.15) is 11.8 Å². The Bertz CT molecular complexity index is 648. The van der Waals surface area contributed by atoms with Crippen molar-refractivity contribution in [2.75, 3.05) is 23.5 Å². The van der Waals surface area contributed by atoms with Gasteiger partial charge >= 0.3 is 0 Å². The van der Waals surface area contributed by atoms with E-state index >= 15 is 0 Å². The molecule has 1 saturated heterocycles. The minimum absolute atomic E-state index is 0.213. The molecule has 0 radical (unpaired) electrons. The van der Waals surface area contributed by atoms with Crippen LogP contribution in [-0.4, -0.2) is 37.9 Å². The highest BCUT2D eigenvalue weighted by Crippen LogP contribution is 2.35. The maximum atomic E-state index is 11.3. The fraction of sp³-hybridized carbons (Fsp3) is 0.500. The van der Waals surface area contributed by atoms with Gasteiger partial charge in [-0.1, -0.05) is 0 Å². The van der Waals surface area contributed by atoms with Crippen molar-refractivity contribution in [3.63, 3.8) is 0 Å². The molecule has 2 rings (SSSR count). The Labute approximate surface area is 127 Å². The molecular formula is C12H17N3O4S2. The Kier molecular flexibility index (Phi) is 4.74. The van der Waals surface area contributed by atoms with Gasteiger partial charge in [0.15, 0.2) is 0 Å². The largest absolute Gasteiger partial charge is 0.362 e. The standard InChI is InChI=1S/C12H17N3O4S2/c1-20-8-9-3-2-6-14(9)11-5-4-10(21(13,18)19)7-12(11)15(16)17/h4-5,7,9H,2-3,6,8H2,1H3,(H2,13,18,19). The lowest BCUT2D eigenvalue weighted by Gasteiger charge is -2.26. The summed E-state index contributed by atoms with van der Waals surface area (Å²) in [4.78, 5) is 12.5. The average Bonchev–Trinajstić information content (AvgIpc) is 2.85. The predicted octanol–water partition coefficient (Wildman–Crippen LogP) is 1.57. The first-order chi connectivity index (χ1) is 9.84. The summed E-state index contributed by atoms with van der Waals surface area (Å²) in [7, 11) is -3.95. The molecule has 1 aliphatic heterocycles. The van der Waals surface area contributed by atoms with Gasteiger partial charge in [0.2, 0.25) is 10.0 Å². The molecule has 0 amide bonds. The highest BCUT2D eigenvalue weighted by atomic mass is 32.2. The maximum Gasteiger partial charge on any atom is 0.293 e. The minimum Gasteiger partial charge on any atom is -0.362 e. The molecule has 0 spiro atoms. The van der Waals surface area contributed by atoms with Crippen molar-refractivity contribution in [2.24, 2.45) is 5.14 Å². The van der Waals surface area contributed by atoms with Crippen LogP contribution in [0.5, 0.6) is 0 Å². The van der Waals surface area contributed by atoms with E-state index in [-0.39, 0.29) is 16.6 Å². The van der Waals surface area contributed by atoms with E-state index < -0.39 is 14.9 Å². The van der Waals surface area contributed by atoms with Crippen molar-refractivity contribution in [1.82, 2.24) is 0 Å². The van der Waals surface area contributed by atoms with Crippen LogP contribution in [0.1, 0.15) is 12.8 Å². The number of hydrogen-bond acceptors (Lipinski definition) is 6. The van der Waals surface area contributed by atoms with Crippen LogP contribution in [0.2, 0.25) is 0 Å². The number of rotatable bonds is 5. The number of nitro groups is 1. The SMILES string of the molecule is CSCC1CCCN1c1ccc(S(N)(=O)=O)cc1[N+](=O)[O-]. The van der Waals surface area contributed by atoms with Crippen molar-refractivity contribution in [2.45, 2.75) is 23.8 Å². The van der Waals surface area contributed by atoms with Gasteiger partial charge in [-0.3, -0.25) is 10.1 Å². The molecule has 0 bridgehead atoms. The molecule has 21 heavy (non-hydrogen) atoms. The molecule has 1 aromatic carbocycles. The Morgan fingerprint density at radius 3 is 2.81 bits per heavy atom. The Morgan fingerprint density at radius 2 is 2.24 bits per heavy atom. The van der Waals surface area contributed by atoms with Crippen molar-refractivity contribution in [3.8, 4) is 0 Å². The van der Waals surface area contributed by atoms with Gasteiger partial charge in [0.25, 0.3) is 5.69 Å². The number of thioether (sulfide) groups is 1. The Balaban J connectivity index is 2.46. The molecule has 1 aliphatic rings. The first-order valence-corrected chi connectivity index (χ1v) is 9.35. The highest BCUT2D eigenvalue weighted by molar-refractivity contribution is 7.98. The quantitative estimate of drug-likeness (QED) is 0.648. The van der Waals surface area contributed by atoms with Crippen LogP contribution in [0.3, 0.4) is 0 Å². The monoisotopic (exact) mass is 331 g/mol. The Hall–Kier alpha value is -1.32. The molecule has 1 aromatic rings. The van der Waals surface area contributed by atoms with Crippen LogP contribution in [0.25, 0.3) is 0 Å². The summed E-state index contributed by atoms with van der Waals surface area (Å²) in [6.45, 7) is 0.737. The number of hydrogen-bond donors (Lipinski definition) is 1. The van der Waals surface area contributed by atoms with Crippen LogP contribution in [0, 0.1) is 10.1 Å². The third-order valence-electron chi connectivity index (χ3n) is 3.52. The lowest BCUT2D eigenvalue weighted by Crippen LogP contribution is -2.31. The molecule has 0 aliphatic carbocycles. The molecule has 1 unspecified atom stereocenters. The van der Waals surface area contributed by atoms with E-state index in [0.717, 1.165) is 31.2 Å². The van der Waals surface area contributed by atoms with Crippen LogP contribution >= 0.6 is 11.8 Å². The second kappa shape index (κ2) is 6.20. The smallest absolute Gasteiger partial charge is 0.293 e. The molecular weight excluding hydrogens is 314 g/mol. The van der Waals surface area contributed by atoms with E-state index in [1.807, 2.05) is 11.2 Å². The highest BCUT2D eigenvalue weighted by Gasteiger charge is 2.30. The van der Waals surface area contributed by atoms with E-state index in [1.165, 1.54) is 12.1 Å². The summed E-state index contributed by atoms with van der Waals surface area (Å²) in [6.07, 6.45) is 3.95. The lowest BCUT2D eigenvalue weighted by atomic mass is 10.2. The van der Waals surface area contributed by atoms with Crippen molar-refractivity contribution >= 4 is 33.2 Å². The number of anilines is 1. The van der Waals surface area contributed by atoms with Gasteiger partial charge in [0.05, 0.1) is 9.82 Å². The third kappa shape index (κ3) is 3.47. The summed E-state index contributed by atoms with van der Waals surface area (Å²) >= 11 is 1.69. The summed E-state index contributed by atoms with van der Waals surface area (Å²) in [5, 5.41) is 16.3. The zero-order valence-electron chi connectivity index (χ0n) is 11.6. The molecule has 2 N–H and O–H groups in total. The second-order valence-electron chi connectivity index (χ2n) is 4.90. The van der Waals surface area contributed by atoms with E-state index in [2.05, 4.69) is 0 Å². The van der Waals surface area contributed by atoms with Gasteiger partial charge in [0.1, 0.15) is 5.69 Å². The lowest BCUT2D eigenvalue weighted by molar-refractivity contribution is -0.384. The van der Waals surface area contributed by atoms with E-state index in [1.54, 1.807) is 11.8 Å². The molecule has 7 nitrogen and oxygen atoms in total. The molecule has 0 aromatic heterocycles. The van der Waals surface area contributed by atoms with Crippen LogP contribution in [-0.2, 0) is 10.0 Å². The fourth-order valence-electron chi connectivity index (χ4n) is 2.59. The summed E-state index contributed by atoms with van der Waals surface area (Å²) in [5.74, 6) is 0.883. The average molecular weight is 331 g/mol. The molecule has 1 atom stereocenters. The zero-order valence-corrected chi connectivity index (χ0v) is 13.2. The number of nitrogens with zero attached hydrogens (tertiary/aromatic N) is 2. The van der Waals surface area contributed by atoms with Crippen LogP contribution in [0.15, 0.2) is 23.1 Å². The fourth-order valence-corrected chi connectivity index (χ4v) is 3.85. The second-order valence-corrected chi connectivity index (χ2v) is 7.37. The number of sulfonamides is 1. The van der Waals surface area contributed by atoms with E-state index in [4.69, 9.17) is 5.14 Å². The van der Waals surface area contributed by atoms with Gasteiger partial charge < -0.3 is 4.90 Å². The van der Waals surface area contributed by atoms with E-state index in [0.29, 0.717) is 5.69 Å². The molecule has 116 valence electrons. The molecule has 1 fully saturated rings. The summed E-state index contributed by atoms with van der Waals surface area (Å²) < 4.78 is 22.7. The van der Waals surface area contributed by atoms with Gasteiger partial charge in [0, 0.05) is 24.4 Å². The number of nitro benzene ring substituents is 1. The summed E-state index contributed by atoms with van der Waals surface area (Å²) in [6, 6.07) is 4.08. The third-order valence-corrected chi connectivity index (χ3v) is 5.15. The van der Waals surface area contributed by atoms with Crippen molar-refractivity contribution in [3.05, 3.63) is 28.3 Å². The van der Waals surface area contributed by atoms with Gasteiger partial charge in [-0.25, -0.2) is 13.6 Å². The molecule has 9 heteroatoms. The number of nitrogens with two attached hydrogens (primary N) is 1. The maximum absolute atomic E-state index is 11.3. The van der Waals surface area contributed by atoms with Crippen molar-refractivity contribution in [1.29, 1.82) is 0 Å².